The molecule has 0 atom stereocenters. The lowest BCUT2D eigenvalue weighted by atomic mass is 10.0. The van der Waals surface area contributed by atoms with Crippen molar-refractivity contribution in [2.75, 3.05) is 19.0 Å². The minimum Gasteiger partial charge on any atom is -0.378 e. The van der Waals surface area contributed by atoms with Gasteiger partial charge in [0, 0.05) is 37.1 Å². The number of benzene rings is 1. The number of anilines is 1. The molecule has 0 fully saturated rings. The monoisotopic (exact) mass is 260 g/mol. The first-order valence-corrected chi connectivity index (χ1v) is 5.88. The molecule has 0 aliphatic carbocycles. The maximum Gasteiger partial charge on any atom is 0.150 e. The molecule has 0 N–H and O–H groups in total. The first-order chi connectivity index (χ1) is 8.61. The number of hydrogen-bond donors (Lipinski definition) is 0. The average molecular weight is 261 g/mol. The van der Waals surface area contributed by atoms with Crippen LogP contribution in [0.25, 0.3) is 11.1 Å². The van der Waals surface area contributed by atoms with Crippen molar-refractivity contribution in [2.45, 2.75) is 0 Å². The molecule has 1 heterocycles. The number of aromatic nitrogens is 1. The normalized spacial score (nSPS) is 10.2. The summed E-state index contributed by atoms with van der Waals surface area (Å²) in [6.45, 7) is 0. The van der Waals surface area contributed by atoms with E-state index >= 15 is 0 Å². The molecule has 2 rings (SSSR count). The zero-order valence-corrected chi connectivity index (χ0v) is 11.0. The second-order valence-corrected chi connectivity index (χ2v) is 4.54. The van der Waals surface area contributed by atoms with Crippen LogP contribution in [0.3, 0.4) is 0 Å². The van der Waals surface area contributed by atoms with Crippen molar-refractivity contribution in [3.8, 4) is 11.1 Å². The molecule has 1 aromatic carbocycles. The SMILES string of the molecule is CN(C)c1ccc(-c2ccc(Cl)nc2)c(C=O)c1. The summed E-state index contributed by atoms with van der Waals surface area (Å²) in [5.74, 6) is 0. The second-order valence-electron chi connectivity index (χ2n) is 4.15. The van der Waals surface area contributed by atoms with E-state index < -0.39 is 0 Å². The van der Waals surface area contributed by atoms with E-state index in [0.717, 1.165) is 23.1 Å². The Kier molecular flexibility index (Phi) is 3.63. The van der Waals surface area contributed by atoms with Crippen molar-refractivity contribution in [1.82, 2.24) is 4.98 Å². The molecule has 0 amide bonds. The van der Waals surface area contributed by atoms with E-state index in [0.29, 0.717) is 10.7 Å². The second kappa shape index (κ2) is 5.19. The fourth-order valence-corrected chi connectivity index (χ4v) is 1.84. The predicted molar refractivity (Wildman–Crippen MR) is 74.4 cm³/mol. The summed E-state index contributed by atoms with van der Waals surface area (Å²) < 4.78 is 0. The molecule has 3 nitrogen and oxygen atoms in total. The molecule has 0 radical (unpaired) electrons. The van der Waals surface area contributed by atoms with Crippen LogP contribution >= 0.6 is 11.6 Å². The van der Waals surface area contributed by atoms with Crippen LogP contribution in [-0.4, -0.2) is 25.4 Å². The highest BCUT2D eigenvalue weighted by atomic mass is 35.5. The molecule has 18 heavy (non-hydrogen) atoms. The van der Waals surface area contributed by atoms with Gasteiger partial charge in [0.25, 0.3) is 0 Å². The molecule has 0 saturated carbocycles. The highest BCUT2D eigenvalue weighted by Crippen LogP contribution is 2.26. The minimum absolute atomic E-state index is 0.441. The van der Waals surface area contributed by atoms with Crippen LogP contribution < -0.4 is 4.90 Å². The molecule has 1 aromatic heterocycles. The lowest BCUT2D eigenvalue weighted by Crippen LogP contribution is -2.09. The van der Waals surface area contributed by atoms with Gasteiger partial charge in [-0.2, -0.15) is 0 Å². The van der Waals surface area contributed by atoms with Gasteiger partial charge < -0.3 is 4.90 Å². The average Bonchev–Trinajstić information content (AvgIpc) is 2.39. The molecule has 0 aliphatic rings. The van der Waals surface area contributed by atoms with Gasteiger partial charge in [0.1, 0.15) is 5.15 Å². The highest BCUT2D eigenvalue weighted by molar-refractivity contribution is 6.29. The minimum atomic E-state index is 0.441. The first kappa shape index (κ1) is 12.6. The number of hydrogen-bond acceptors (Lipinski definition) is 3. The van der Waals surface area contributed by atoms with Crippen molar-refractivity contribution < 1.29 is 4.79 Å². The lowest BCUT2D eigenvalue weighted by molar-refractivity contribution is 0.112. The Hall–Kier alpha value is -1.87. The fourth-order valence-electron chi connectivity index (χ4n) is 1.72. The topological polar surface area (TPSA) is 33.2 Å². The number of carbonyl (C=O) groups excluding carboxylic acids is 1. The Balaban J connectivity index is 2.50. The van der Waals surface area contributed by atoms with Crippen LogP contribution in [0.2, 0.25) is 5.15 Å². The number of nitrogens with zero attached hydrogens (tertiary/aromatic N) is 2. The quantitative estimate of drug-likeness (QED) is 0.627. The molecule has 0 saturated heterocycles. The third-order valence-corrected chi connectivity index (χ3v) is 2.94. The molecule has 0 spiro atoms. The number of aldehydes is 1. The van der Waals surface area contributed by atoms with E-state index in [4.69, 9.17) is 11.6 Å². The maximum atomic E-state index is 11.2. The van der Waals surface area contributed by atoms with Crippen LogP contribution in [0, 0.1) is 0 Å². The summed E-state index contributed by atoms with van der Waals surface area (Å²) >= 11 is 5.75. The van der Waals surface area contributed by atoms with Gasteiger partial charge in [-0.1, -0.05) is 17.7 Å². The maximum absolute atomic E-state index is 11.2. The highest BCUT2D eigenvalue weighted by Gasteiger charge is 2.07. The van der Waals surface area contributed by atoms with Crippen molar-refractivity contribution in [1.29, 1.82) is 0 Å². The van der Waals surface area contributed by atoms with Gasteiger partial charge in [0.05, 0.1) is 0 Å². The summed E-state index contributed by atoms with van der Waals surface area (Å²) in [5.41, 5.74) is 3.37. The molecular weight excluding hydrogens is 248 g/mol. The zero-order valence-electron chi connectivity index (χ0n) is 10.2. The number of halogens is 1. The van der Waals surface area contributed by atoms with Crippen molar-refractivity contribution >= 4 is 23.6 Å². The Morgan fingerprint density at radius 2 is 2.00 bits per heavy atom. The van der Waals surface area contributed by atoms with E-state index in [1.807, 2.05) is 43.3 Å². The van der Waals surface area contributed by atoms with E-state index in [-0.39, 0.29) is 0 Å². The Morgan fingerprint density at radius 1 is 1.22 bits per heavy atom. The zero-order chi connectivity index (χ0) is 13.1. The molecule has 0 bridgehead atoms. The van der Waals surface area contributed by atoms with Crippen LogP contribution in [0.15, 0.2) is 36.5 Å². The third-order valence-electron chi connectivity index (χ3n) is 2.72. The number of carbonyl (C=O) groups is 1. The van der Waals surface area contributed by atoms with Crippen molar-refractivity contribution in [3.05, 3.63) is 47.2 Å². The van der Waals surface area contributed by atoms with Crippen LogP contribution in [0.1, 0.15) is 10.4 Å². The van der Waals surface area contributed by atoms with Gasteiger partial charge in [-0.15, -0.1) is 0 Å². The first-order valence-electron chi connectivity index (χ1n) is 5.50. The number of pyridine rings is 1. The van der Waals surface area contributed by atoms with Crippen molar-refractivity contribution in [3.63, 3.8) is 0 Å². The standard InChI is InChI=1S/C14H13ClN2O/c1-17(2)12-4-5-13(11(7-12)9-18)10-3-6-14(15)16-8-10/h3-9H,1-2H3. The summed E-state index contributed by atoms with van der Waals surface area (Å²) in [6, 6.07) is 9.32. The molecular formula is C14H13ClN2O. The molecule has 92 valence electrons. The molecule has 4 heteroatoms. The van der Waals surface area contributed by atoms with Gasteiger partial charge in [0.15, 0.2) is 6.29 Å². The summed E-state index contributed by atoms with van der Waals surface area (Å²) in [4.78, 5) is 17.2. The van der Waals surface area contributed by atoms with Crippen LogP contribution in [-0.2, 0) is 0 Å². The van der Waals surface area contributed by atoms with Crippen molar-refractivity contribution in [2.24, 2.45) is 0 Å². The lowest BCUT2D eigenvalue weighted by Gasteiger charge is -2.14. The Morgan fingerprint density at radius 3 is 2.56 bits per heavy atom. The van der Waals surface area contributed by atoms with Crippen LogP contribution in [0.4, 0.5) is 5.69 Å². The van der Waals surface area contributed by atoms with Gasteiger partial charge >= 0.3 is 0 Å². The van der Waals surface area contributed by atoms with E-state index in [1.54, 1.807) is 12.3 Å². The Labute approximate surface area is 111 Å². The third kappa shape index (κ3) is 2.51. The Bertz CT molecular complexity index is 565. The largest absolute Gasteiger partial charge is 0.378 e. The van der Waals surface area contributed by atoms with Gasteiger partial charge in [0.2, 0.25) is 0 Å². The van der Waals surface area contributed by atoms with Gasteiger partial charge in [-0.05, 0) is 29.8 Å². The van der Waals surface area contributed by atoms with Gasteiger partial charge in [-0.3, -0.25) is 4.79 Å². The fraction of sp³-hybridized carbons (Fsp3) is 0.143. The predicted octanol–water partition coefficient (Wildman–Crippen LogP) is 3.28. The van der Waals surface area contributed by atoms with E-state index in [9.17, 15) is 4.79 Å². The van der Waals surface area contributed by atoms with Crippen LogP contribution in [0.5, 0.6) is 0 Å². The summed E-state index contributed by atoms with van der Waals surface area (Å²) in [7, 11) is 3.88. The van der Waals surface area contributed by atoms with E-state index in [1.165, 1.54) is 0 Å². The number of rotatable bonds is 3. The molecule has 0 aliphatic heterocycles. The molecule has 2 aromatic rings. The smallest absolute Gasteiger partial charge is 0.150 e. The molecule has 0 unspecified atom stereocenters. The van der Waals surface area contributed by atoms with Gasteiger partial charge in [-0.25, -0.2) is 4.98 Å². The summed E-state index contributed by atoms with van der Waals surface area (Å²) in [6.07, 6.45) is 2.52. The van der Waals surface area contributed by atoms with E-state index in [2.05, 4.69) is 4.98 Å². The summed E-state index contributed by atoms with van der Waals surface area (Å²) in [5, 5.41) is 0.441.